The van der Waals surface area contributed by atoms with Gasteiger partial charge in [0.15, 0.2) is 5.78 Å². The van der Waals surface area contributed by atoms with Crippen molar-refractivity contribution in [3.8, 4) is 0 Å². The van der Waals surface area contributed by atoms with Crippen LogP contribution in [0.5, 0.6) is 0 Å². The van der Waals surface area contributed by atoms with Crippen molar-refractivity contribution in [1.29, 1.82) is 0 Å². The molecule has 3 fully saturated rings. The Balaban J connectivity index is 1.61. The summed E-state index contributed by atoms with van der Waals surface area (Å²) in [5, 5.41) is 0. The van der Waals surface area contributed by atoms with Crippen molar-refractivity contribution < 1.29 is 4.79 Å². The SMILES string of the molecule is CCC1CCC2C3CCC4=CC(=O)CCC4C3CCC12C. The minimum absolute atomic E-state index is 0.396. The summed E-state index contributed by atoms with van der Waals surface area (Å²) in [5.41, 5.74) is 2.17. The lowest BCUT2D eigenvalue weighted by Gasteiger charge is -2.54. The molecule has 4 rings (SSSR count). The fourth-order valence-corrected chi connectivity index (χ4v) is 6.96. The van der Waals surface area contributed by atoms with Gasteiger partial charge in [0, 0.05) is 6.42 Å². The van der Waals surface area contributed by atoms with Gasteiger partial charge < -0.3 is 0 Å². The maximum absolute atomic E-state index is 11.7. The number of carbonyl (C=O) groups excluding carboxylic acids is 1. The predicted molar refractivity (Wildman–Crippen MR) is 85.9 cm³/mol. The van der Waals surface area contributed by atoms with Gasteiger partial charge in [-0.25, -0.2) is 0 Å². The van der Waals surface area contributed by atoms with Crippen molar-refractivity contribution in [2.45, 2.75) is 71.6 Å². The van der Waals surface area contributed by atoms with Crippen LogP contribution in [0.4, 0.5) is 0 Å². The van der Waals surface area contributed by atoms with Crippen LogP contribution in [-0.4, -0.2) is 5.78 Å². The Hall–Kier alpha value is -0.590. The van der Waals surface area contributed by atoms with Crippen LogP contribution in [0, 0.1) is 35.0 Å². The van der Waals surface area contributed by atoms with E-state index in [-0.39, 0.29) is 0 Å². The summed E-state index contributed by atoms with van der Waals surface area (Å²) in [6.45, 7) is 5.02. The summed E-state index contributed by atoms with van der Waals surface area (Å²) >= 11 is 0. The van der Waals surface area contributed by atoms with Gasteiger partial charge in [0.2, 0.25) is 0 Å². The molecule has 0 bridgehead atoms. The Labute approximate surface area is 129 Å². The molecule has 0 aliphatic heterocycles. The number of carbonyl (C=O) groups is 1. The van der Waals surface area contributed by atoms with Crippen LogP contribution in [0.2, 0.25) is 0 Å². The molecule has 0 spiro atoms. The topological polar surface area (TPSA) is 17.1 Å². The lowest BCUT2D eigenvalue weighted by Crippen LogP contribution is -2.46. The highest BCUT2D eigenvalue weighted by atomic mass is 16.1. The number of rotatable bonds is 1. The minimum atomic E-state index is 0.396. The molecule has 116 valence electrons. The Morgan fingerprint density at radius 1 is 1.10 bits per heavy atom. The Morgan fingerprint density at radius 2 is 1.95 bits per heavy atom. The third kappa shape index (κ3) is 1.99. The van der Waals surface area contributed by atoms with Gasteiger partial charge in [-0.05, 0) is 86.0 Å². The standard InChI is InChI=1S/C20H30O/c1-3-14-5-9-19-18-7-4-13-12-15(21)6-8-16(13)17(18)10-11-20(14,19)2/h12,14,16-19H,3-11H2,1-2H3. The zero-order valence-corrected chi connectivity index (χ0v) is 13.7. The van der Waals surface area contributed by atoms with Crippen molar-refractivity contribution in [2.75, 3.05) is 0 Å². The Bertz CT molecular complexity index is 476. The van der Waals surface area contributed by atoms with Crippen LogP contribution < -0.4 is 0 Å². The van der Waals surface area contributed by atoms with Crippen molar-refractivity contribution in [1.82, 2.24) is 0 Å². The molecule has 21 heavy (non-hydrogen) atoms. The number of fused-ring (bicyclic) bond motifs is 5. The van der Waals surface area contributed by atoms with Crippen molar-refractivity contribution in [3.63, 3.8) is 0 Å². The monoisotopic (exact) mass is 286 g/mol. The quantitative estimate of drug-likeness (QED) is 0.651. The van der Waals surface area contributed by atoms with E-state index in [2.05, 4.69) is 13.8 Å². The third-order valence-electron chi connectivity index (χ3n) is 7.99. The van der Waals surface area contributed by atoms with Gasteiger partial charge in [-0.3, -0.25) is 4.79 Å². The molecule has 0 amide bonds. The normalized spacial score (nSPS) is 49.1. The predicted octanol–water partition coefficient (Wildman–Crippen LogP) is 5.15. The second kappa shape index (κ2) is 4.96. The van der Waals surface area contributed by atoms with Crippen LogP contribution in [0.25, 0.3) is 0 Å². The zero-order chi connectivity index (χ0) is 14.6. The summed E-state index contributed by atoms with van der Waals surface area (Å²) in [4.78, 5) is 11.7. The molecular weight excluding hydrogens is 256 g/mol. The molecule has 0 radical (unpaired) electrons. The first-order valence-corrected chi connectivity index (χ1v) is 9.36. The summed E-state index contributed by atoms with van der Waals surface area (Å²) in [6, 6.07) is 0. The first kappa shape index (κ1) is 14.0. The van der Waals surface area contributed by atoms with Gasteiger partial charge in [0.1, 0.15) is 0 Å². The molecule has 4 aliphatic rings. The summed E-state index contributed by atoms with van der Waals surface area (Å²) in [6.07, 6.45) is 13.8. The van der Waals surface area contributed by atoms with Gasteiger partial charge in [0.05, 0.1) is 0 Å². The van der Waals surface area contributed by atoms with Crippen LogP contribution in [0.15, 0.2) is 11.6 Å². The maximum Gasteiger partial charge on any atom is 0.155 e. The van der Waals surface area contributed by atoms with Gasteiger partial charge in [0.25, 0.3) is 0 Å². The molecule has 3 saturated carbocycles. The zero-order valence-electron chi connectivity index (χ0n) is 13.7. The summed E-state index contributed by atoms with van der Waals surface area (Å²) in [7, 11) is 0. The van der Waals surface area contributed by atoms with Gasteiger partial charge in [-0.15, -0.1) is 0 Å². The lowest BCUT2D eigenvalue weighted by molar-refractivity contribution is -0.116. The highest BCUT2D eigenvalue weighted by Crippen LogP contribution is 2.64. The van der Waals surface area contributed by atoms with Crippen molar-refractivity contribution in [2.24, 2.45) is 35.0 Å². The number of ketones is 1. The first-order chi connectivity index (χ1) is 10.1. The lowest BCUT2D eigenvalue weighted by atomic mass is 9.51. The van der Waals surface area contributed by atoms with E-state index in [0.717, 1.165) is 42.4 Å². The van der Waals surface area contributed by atoms with Crippen LogP contribution in [0.3, 0.4) is 0 Å². The van der Waals surface area contributed by atoms with Gasteiger partial charge in [-0.1, -0.05) is 25.8 Å². The Kier molecular flexibility index (Phi) is 3.32. The van der Waals surface area contributed by atoms with E-state index < -0.39 is 0 Å². The molecule has 0 aromatic heterocycles. The van der Waals surface area contributed by atoms with E-state index in [1.165, 1.54) is 50.5 Å². The summed E-state index contributed by atoms with van der Waals surface area (Å²) in [5.74, 6) is 5.01. The average Bonchev–Trinajstić information content (AvgIpc) is 2.83. The number of allylic oxidation sites excluding steroid dienone is 1. The van der Waals surface area contributed by atoms with Gasteiger partial charge >= 0.3 is 0 Å². The molecule has 4 aliphatic carbocycles. The fraction of sp³-hybridized carbons (Fsp3) is 0.850. The van der Waals surface area contributed by atoms with Crippen LogP contribution in [-0.2, 0) is 4.79 Å². The number of hydrogen-bond donors (Lipinski definition) is 0. The first-order valence-electron chi connectivity index (χ1n) is 9.36. The molecular formula is C20H30O. The van der Waals surface area contributed by atoms with Crippen LogP contribution in [0.1, 0.15) is 71.6 Å². The molecule has 0 saturated heterocycles. The van der Waals surface area contributed by atoms with E-state index in [9.17, 15) is 4.79 Å². The molecule has 1 nitrogen and oxygen atoms in total. The highest BCUT2D eigenvalue weighted by Gasteiger charge is 2.55. The molecule has 1 heteroatoms. The molecule has 6 unspecified atom stereocenters. The molecule has 0 aromatic carbocycles. The fourth-order valence-electron chi connectivity index (χ4n) is 6.96. The minimum Gasteiger partial charge on any atom is -0.295 e. The average molecular weight is 286 g/mol. The van der Waals surface area contributed by atoms with E-state index in [4.69, 9.17) is 0 Å². The van der Waals surface area contributed by atoms with E-state index in [1.807, 2.05) is 6.08 Å². The summed E-state index contributed by atoms with van der Waals surface area (Å²) < 4.78 is 0. The number of hydrogen-bond acceptors (Lipinski definition) is 1. The molecule has 0 heterocycles. The smallest absolute Gasteiger partial charge is 0.155 e. The second-order valence-corrected chi connectivity index (χ2v) is 8.53. The van der Waals surface area contributed by atoms with Crippen LogP contribution >= 0.6 is 0 Å². The van der Waals surface area contributed by atoms with Crippen molar-refractivity contribution in [3.05, 3.63) is 11.6 Å². The Morgan fingerprint density at radius 3 is 2.76 bits per heavy atom. The second-order valence-electron chi connectivity index (χ2n) is 8.53. The molecule has 6 atom stereocenters. The largest absolute Gasteiger partial charge is 0.295 e. The van der Waals surface area contributed by atoms with E-state index in [1.54, 1.807) is 0 Å². The van der Waals surface area contributed by atoms with Crippen molar-refractivity contribution >= 4 is 5.78 Å². The van der Waals surface area contributed by atoms with E-state index in [0.29, 0.717) is 11.2 Å². The third-order valence-corrected chi connectivity index (χ3v) is 7.99. The molecule has 0 aromatic rings. The molecule has 0 N–H and O–H groups in total. The van der Waals surface area contributed by atoms with E-state index >= 15 is 0 Å². The van der Waals surface area contributed by atoms with Gasteiger partial charge in [-0.2, -0.15) is 0 Å². The highest BCUT2D eigenvalue weighted by molar-refractivity contribution is 5.91. The maximum atomic E-state index is 11.7.